The van der Waals surface area contributed by atoms with Crippen LogP contribution in [0.2, 0.25) is 0 Å². The molecule has 3 heteroatoms. The van der Waals surface area contributed by atoms with Gasteiger partial charge in [-0.15, -0.1) is 0 Å². The number of hydrogen-bond acceptors (Lipinski definition) is 3. The number of esters is 1. The molecule has 0 saturated heterocycles. The first-order chi connectivity index (χ1) is 19.3. The highest BCUT2D eigenvalue weighted by molar-refractivity contribution is 5.69. The van der Waals surface area contributed by atoms with Crippen molar-refractivity contribution in [1.29, 1.82) is 0 Å². The minimum absolute atomic E-state index is 0.00220. The lowest BCUT2D eigenvalue weighted by Gasteiger charge is -2.05. The Morgan fingerprint density at radius 2 is 0.923 bits per heavy atom. The standard InChI is InChI=1S/C36H68O3/c1-2-3-4-5-6-7-8-9-12-15-18-21-24-27-30-33-36(38)39-35-32-29-26-23-20-17-14-11-10-13-16-19-22-25-28-31-34-37/h6-7,9,12,37H,2-5,8,10-11,13-35H2,1H3/b7-6-,12-9-. The number of ether oxygens (including phenoxy) is 1. The molecular formula is C36H68O3. The molecule has 0 aromatic heterocycles. The Balaban J connectivity index is 3.21. The summed E-state index contributed by atoms with van der Waals surface area (Å²) in [6.07, 6.45) is 43.8. The smallest absolute Gasteiger partial charge is 0.305 e. The summed E-state index contributed by atoms with van der Waals surface area (Å²) in [6, 6.07) is 0. The topological polar surface area (TPSA) is 46.5 Å². The second kappa shape index (κ2) is 34.9. The van der Waals surface area contributed by atoms with Gasteiger partial charge in [0.25, 0.3) is 0 Å². The normalized spacial score (nSPS) is 11.7. The second-order valence-electron chi connectivity index (χ2n) is 11.6. The zero-order valence-electron chi connectivity index (χ0n) is 26.3. The van der Waals surface area contributed by atoms with Gasteiger partial charge in [0.15, 0.2) is 0 Å². The number of carbonyl (C=O) groups excluding carboxylic acids is 1. The van der Waals surface area contributed by atoms with Crippen LogP contribution >= 0.6 is 0 Å². The molecule has 0 amide bonds. The lowest BCUT2D eigenvalue weighted by molar-refractivity contribution is -0.143. The van der Waals surface area contributed by atoms with Crippen LogP contribution in [0.5, 0.6) is 0 Å². The Morgan fingerprint density at radius 3 is 1.41 bits per heavy atom. The first-order valence-corrected chi connectivity index (χ1v) is 17.4. The first kappa shape index (κ1) is 37.9. The van der Waals surface area contributed by atoms with Crippen molar-refractivity contribution < 1.29 is 14.6 Å². The molecule has 0 heterocycles. The average molecular weight is 549 g/mol. The SMILES string of the molecule is CCCCC/C=C\C/C=C\CCCCCCCC(=O)OCCCCCCCCCCCCCCCCCCO. The number of aliphatic hydroxyl groups is 1. The van der Waals surface area contributed by atoms with Crippen LogP contribution in [0, 0.1) is 0 Å². The number of rotatable bonds is 32. The highest BCUT2D eigenvalue weighted by Gasteiger charge is 2.02. The lowest BCUT2D eigenvalue weighted by atomic mass is 10.0. The van der Waals surface area contributed by atoms with Gasteiger partial charge >= 0.3 is 5.97 Å². The number of aliphatic hydroxyl groups excluding tert-OH is 1. The number of allylic oxidation sites excluding steroid dienone is 4. The maximum Gasteiger partial charge on any atom is 0.305 e. The minimum atomic E-state index is 0.00220. The van der Waals surface area contributed by atoms with Gasteiger partial charge < -0.3 is 9.84 Å². The van der Waals surface area contributed by atoms with E-state index in [0.717, 1.165) is 32.1 Å². The Hall–Kier alpha value is -1.09. The van der Waals surface area contributed by atoms with Crippen molar-refractivity contribution in [2.75, 3.05) is 13.2 Å². The van der Waals surface area contributed by atoms with E-state index in [1.165, 1.54) is 141 Å². The van der Waals surface area contributed by atoms with Crippen molar-refractivity contribution in [3.63, 3.8) is 0 Å². The third kappa shape index (κ3) is 34.9. The molecule has 0 rings (SSSR count). The zero-order chi connectivity index (χ0) is 28.3. The summed E-state index contributed by atoms with van der Waals surface area (Å²) in [5.74, 6) is 0.00220. The fourth-order valence-corrected chi connectivity index (χ4v) is 5.03. The van der Waals surface area contributed by atoms with E-state index in [1.54, 1.807) is 0 Å². The van der Waals surface area contributed by atoms with Crippen molar-refractivity contribution in [3.8, 4) is 0 Å². The summed E-state index contributed by atoms with van der Waals surface area (Å²) in [7, 11) is 0. The van der Waals surface area contributed by atoms with Gasteiger partial charge in [-0.1, -0.05) is 153 Å². The molecule has 0 radical (unpaired) electrons. The van der Waals surface area contributed by atoms with E-state index in [0.29, 0.717) is 19.6 Å². The Bertz CT molecular complexity index is 525. The number of hydrogen-bond donors (Lipinski definition) is 1. The van der Waals surface area contributed by atoms with E-state index < -0.39 is 0 Å². The average Bonchev–Trinajstić information content (AvgIpc) is 2.94. The van der Waals surface area contributed by atoms with Gasteiger partial charge in [0.05, 0.1) is 6.61 Å². The molecule has 230 valence electrons. The van der Waals surface area contributed by atoms with Gasteiger partial charge in [-0.05, 0) is 51.4 Å². The number of unbranched alkanes of at least 4 members (excludes halogenated alkanes) is 23. The summed E-state index contributed by atoms with van der Waals surface area (Å²) in [5.41, 5.74) is 0. The third-order valence-electron chi connectivity index (χ3n) is 7.65. The summed E-state index contributed by atoms with van der Waals surface area (Å²) < 4.78 is 5.42. The van der Waals surface area contributed by atoms with Crippen molar-refractivity contribution in [1.82, 2.24) is 0 Å². The van der Waals surface area contributed by atoms with Crippen LogP contribution in [0.4, 0.5) is 0 Å². The van der Waals surface area contributed by atoms with Gasteiger partial charge in [0.1, 0.15) is 0 Å². The van der Waals surface area contributed by atoms with Crippen molar-refractivity contribution in [2.45, 2.75) is 187 Å². The maximum atomic E-state index is 11.9. The molecule has 39 heavy (non-hydrogen) atoms. The van der Waals surface area contributed by atoms with Crippen LogP contribution in [0.15, 0.2) is 24.3 Å². The highest BCUT2D eigenvalue weighted by Crippen LogP contribution is 2.14. The molecule has 0 aromatic rings. The summed E-state index contributed by atoms with van der Waals surface area (Å²) in [5, 5.41) is 8.78. The predicted molar refractivity (Wildman–Crippen MR) is 171 cm³/mol. The van der Waals surface area contributed by atoms with E-state index in [4.69, 9.17) is 9.84 Å². The van der Waals surface area contributed by atoms with Crippen molar-refractivity contribution >= 4 is 5.97 Å². The van der Waals surface area contributed by atoms with Gasteiger partial charge in [0.2, 0.25) is 0 Å². The molecule has 0 bridgehead atoms. The molecule has 0 aliphatic rings. The Kier molecular flexibility index (Phi) is 34.0. The van der Waals surface area contributed by atoms with Crippen LogP contribution < -0.4 is 0 Å². The molecule has 0 atom stereocenters. The Morgan fingerprint density at radius 1 is 0.513 bits per heavy atom. The van der Waals surface area contributed by atoms with Crippen LogP contribution in [-0.4, -0.2) is 24.3 Å². The maximum absolute atomic E-state index is 11.9. The molecule has 0 aliphatic heterocycles. The summed E-state index contributed by atoms with van der Waals surface area (Å²) in [6.45, 7) is 3.22. The van der Waals surface area contributed by atoms with Gasteiger partial charge in [-0.2, -0.15) is 0 Å². The summed E-state index contributed by atoms with van der Waals surface area (Å²) in [4.78, 5) is 11.9. The molecule has 0 aliphatic carbocycles. The minimum Gasteiger partial charge on any atom is -0.466 e. The van der Waals surface area contributed by atoms with Gasteiger partial charge in [0, 0.05) is 13.0 Å². The van der Waals surface area contributed by atoms with Gasteiger partial charge in [-0.25, -0.2) is 0 Å². The van der Waals surface area contributed by atoms with Crippen molar-refractivity contribution in [2.24, 2.45) is 0 Å². The van der Waals surface area contributed by atoms with Gasteiger partial charge in [-0.3, -0.25) is 4.79 Å². The molecule has 0 spiro atoms. The number of carbonyl (C=O) groups is 1. The molecule has 0 fully saturated rings. The van der Waals surface area contributed by atoms with Crippen molar-refractivity contribution in [3.05, 3.63) is 24.3 Å². The van der Waals surface area contributed by atoms with E-state index in [9.17, 15) is 4.79 Å². The molecule has 1 N–H and O–H groups in total. The lowest BCUT2D eigenvalue weighted by Crippen LogP contribution is -2.05. The van der Waals surface area contributed by atoms with E-state index in [2.05, 4.69) is 31.2 Å². The van der Waals surface area contributed by atoms with Crippen LogP contribution in [0.1, 0.15) is 187 Å². The molecule has 3 nitrogen and oxygen atoms in total. The first-order valence-electron chi connectivity index (χ1n) is 17.4. The fourth-order valence-electron chi connectivity index (χ4n) is 5.03. The van der Waals surface area contributed by atoms with E-state index in [1.807, 2.05) is 0 Å². The molecule has 0 unspecified atom stereocenters. The monoisotopic (exact) mass is 549 g/mol. The quantitative estimate of drug-likeness (QED) is 0.0516. The van der Waals surface area contributed by atoms with E-state index >= 15 is 0 Å². The molecular weight excluding hydrogens is 480 g/mol. The second-order valence-corrected chi connectivity index (χ2v) is 11.6. The third-order valence-corrected chi connectivity index (χ3v) is 7.65. The summed E-state index contributed by atoms with van der Waals surface area (Å²) >= 11 is 0. The van der Waals surface area contributed by atoms with Crippen LogP contribution in [-0.2, 0) is 9.53 Å². The molecule has 0 saturated carbocycles. The fraction of sp³-hybridized carbons (Fsp3) is 0.861. The largest absolute Gasteiger partial charge is 0.466 e. The molecule has 0 aromatic carbocycles. The van der Waals surface area contributed by atoms with Crippen LogP contribution in [0.3, 0.4) is 0 Å². The highest BCUT2D eigenvalue weighted by atomic mass is 16.5. The Labute approximate surface area is 244 Å². The predicted octanol–water partition coefficient (Wildman–Crippen LogP) is 11.6. The zero-order valence-corrected chi connectivity index (χ0v) is 26.3. The van der Waals surface area contributed by atoms with E-state index in [-0.39, 0.29) is 5.97 Å². The van der Waals surface area contributed by atoms with Crippen LogP contribution in [0.25, 0.3) is 0 Å².